The zero-order chi connectivity index (χ0) is 17.9. The molecule has 0 spiro atoms. The number of rotatable bonds is 5. The highest BCUT2D eigenvalue weighted by molar-refractivity contribution is 6.90. The van der Waals surface area contributed by atoms with Crippen LogP contribution in [-0.4, -0.2) is 57.3 Å². The quantitative estimate of drug-likeness (QED) is 0.762. The Labute approximate surface area is 153 Å². The maximum atomic E-state index is 4.29. The van der Waals surface area contributed by atoms with E-state index in [2.05, 4.69) is 85.1 Å². The molecule has 3 heteroatoms. The lowest BCUT2D eigenvalue weighted by molar-refractivity contribution is 0.171. The van der Waals surface area contributed by atoms with Gasteiger partial charge in [0.2, 0.25) is 0 Å². The predicted molar refractivity (Wildman–Crippen MR) is 112 cm³/mol. The van der Waals surface area contributed by atoms with Gasteiger partial charge in [-0.05, 0) is 29.9 Å². The first kappa shape index (κ1) is 18.1. The fourth-order valence-corrected chi connectivity index (χ4v) is 6.27. The summed E-state index contributed by atoms with van der Waals surface area (Å²) in [5.41, 5.74) is 3.52. The van der Waals surface area contributed by atoms with E-state index in [9.17, 15) is 0 Å². The third-order valence-electron chi connectivity index (χ3n) is 5.35. The third-order valence-corrected chi connectivity index (χ3v) is 8.49. The van der Waals surface area contributed by atoms with Crippen LogP contribution in [0.15, 0.2) is 61.2 Å². The number of nitrogens with zero attached hydrogens (tertiary/aromatic N) is 2. The van der Waals surface area contributed by atoms with Gasteiger partial charge in [0, 0.05) is 26.2 Å². The van der Waals surface area contributed by atoms with Crippen LogP contribution in [0.25, 0.3) is 5.57 Å². The molecule has 1 heterocycles. The molecule has 0 N–H and O–H groups in total. The molecule has 25 heavy (non-hydrogen) atoms. The molecule has 1 fully saturated rings. The van der Waals surface area contributed by atoms with E-state index in [0.717, 1.165) is 5.57 Å². The molecular formula is C22H30N2Si. The Morgan fingerprint density at radius 3 is 2.04 bits per heavy atom. The third kappa shape index (κ3) is 4.49. The second-order valence-corrected chi connectivity index (χ2v) is 12.5. The Balaban J connectivity index is 1.69. The van der Waals surface area contributed by atoms with Gasteiger partial charge in [0.25, 0.3) is 0 Å². The zero-order valence-electron chi connectivity index (χ0n) is 15.8. The molecule has 2 aromatic rings. The van der Waals surface area contributed by atoms with Crippen molar-refractivity contribution in [2.45, 2.75) is 13.1 Å². The highest BCUT2D eigenvalue weighted by atomic mass is 28.3. The predicted octanol–water partition coefficient (Wildman–Crippen LogP) is 3.45. The van der Waals surface area contributed by atoms with E-state index in [0.29, 0.717) is 0 Å². The van der Waals surface area contributed by atoms with Crippen molar-refractivity contribution in [1.82, 2.24) is 9.80 Å². The Hall–Kier alpha value is -1.68. The number of piperazine rings is 1. The minimum absolute atomic E-state index is 1.10. The van der Waals surface area contributed by atoms with E-state index in [4.69, 9.17) is 0 Å². The molecule has 1 aliphatic rings. The van der Waals surface area contributed by atoms with E-state index in [-0.39, 0.29) is 0 Å². The lowest BCUT2D eigenvalue weighted by atomic mass is 10.00. The normalized spacial score (nSPS) is 16.8. The second kappa shape index (κ2) is 7.69. The first-order valence-electron chi connectivity index (χ1n) is 9.22. The van der Waals surface area contributed by atoms with Crippen LogP contribution in [0.4, 0.5) is 0 Å². The number of hydrogen-bond donors (Lipinski definition) is 0. The maximum absolute atomic E-state index is 4.29. The molecule has 1 aliphatic heterocycles. The van der Waals surface area contributed by atoms with E-state index in [1.807, 2.05) is 6.07 Å². The van der Waals surface area contributed by atoms with Crippen molar-refractivity contribution < 1.29 is 0 Å². The minimum Gasteiger partial charge on any atom is -0.304 e. The molecule has 0 atom stereocenters. The van der Waals surface area contributed by atoms with E-state index >= 15 is 0 Å². The average Bonchev–Trinajstić information content (AvgIpc) is 2.64. The van der Waals surface area contributed by atoms with Gasteiger partial charge in [-0.1, -0.05) is 79.5 Å². The Kier molecular flexibility index (Phi) is 5.57. The minimum atomic E-state index is -1.45. The molecule has 132 valence electrons. The number of benzene rings is 2. The highest BCUT2D eigenvalue weighted by Gasteiger charge is 2.27. The molecule has 0 aliphatic carbocycles. The topological polar surface area (TPSA) is 6.48 Å². The smallest absolute Gasteiger partial charge is 0.0948 e. The fraction of sp³-hybridized carbons (Fsp3) is 0.364. The van der Waals surface area contributed by atoms with E-state index in [1.54, 1.807) is 0 Å². The fourth-order valence-electron chi connectivity index (χ4n) is 3.58. The zero-order valence-corrected chi connectivity index (χ0v) is 16.8. The van der Waals surface area contributed by atoms with Crippen LogP contribution in [0, 0.1) is 0 Å². The summed E-state index contributed by atoms with van der Waals surface area (Å²) < 4.78 is 0. The Bertz CT molecular complexity index is 699. The van der Waals surface area contributed by atoms with Crippen molar-refractivity contribution in [3.63, 3.8) is 0 Å². The van der Waals surface area contributed by atoms with Crippen LogP contribution in [-0.2, 0) is 0 Å². The lowest BCUT2D eigenvalue weighted by Crippen LogP contribution is -2.56. The van der Waals surface area contributed by atoms with Crippen LogP contribution in [0.1, 0.15) is 11.1 Å². The molecule has 0 amide bonds. The van der Waals surface area contributed by atoms with Gasteiger partial charge in [-0.2, -0.15) is 0 Å². The number of hydrogen-bond acceptors (Lipinski definition) is 2. The van der Waals surface area contributed by atoms with Crippen LogP contribution < -0.4 is 5.19 Å². The first-order chi connectivity index (χ1) is 12.0. The largest absolute Gasteiger partial charge is 0.304 e. The summed E-state index contributed by atoms with van der Waals surface area (Å²) in [6.45, 7) is 14.1. The van der Waals surface area contributed by atoms with Crippen LogP contribution in [0.3, 0.4) is 0 Å². The molecule has 1 saturated heterocycles. The van der Waals surface area contributed by atoms with Gasteiger partial charge < -0.3 is 9.80 Å². The Morgan fingerprint density at radius 2 is 1.44 bits per heavy atom. The summed E-state index contributed by atoms with van der Waals surface area (Å²) in [4.78, 5) is 5.08. The van der Waals surface area contributed by atoms with Gasteiger partial charge in [0.05, 0.1) is 8.07 Å². The molecule has 2 aromatic carbocycles. The van der Waals surface area contributed by atoms with Crippen molar-refractivity contribution in [3.05, 3.63) is 72.3 Å². The van der Waals surface area contributed by atoms with Gasteiger partial charge in [0.15, 0.2) is 0 Å². The van der Waals surface area contributed by atoms with Crippen LogP contribution >= 0.6 is 0 Å². The van der Waals surface area contributed by atoms with Gasteiger partial charge in [0.1, 0.15) is 0 Å². The van der Waals surface area contributed by atoms with Gasteiger partial charge >= 0.3 is 0 Å². The van der Waals surface area contributed by atoms with Crippen LogP contribution in [0.5, 0.6) is 0 Å². The van der Waals surface area contributed by atoms with Crippen molar-refractivity contribution in [3.8, 4) is 0 Å². The number of likely N-dealkylation sites (N-methyl/N-ethyl adjacent to an activating group) is 1. The SMILES string of the molecule is C=C(c1ccccc1)c1ccc([Si](C)(C)CN2CCN(C)CC2)cc1. The van der Waals surface area contributed by atoms with Gasteiger partial charge in [-0.15, -0.1) is 0 Å². The van der Waals surface area contributed by atoms with Gasteiger partial charge in [-0.3, -0.25) is 0 Å². The van der Waals surface area contributed by atoms with Crippen molar-refractivity contribution in [2.24, 2.45) is 0 Å². The average molecular weight is 351 g/mol. The molecule has 0 radical (unpaired) electrons. The van der Waals surface area contributed by atoms with Crippen molar-refractivity contribution in [1.29, 1.82) is 0 Å². The summed E-state index contributed by atoms with van der Waals surface area (Å²) in [6.07, 6.45) is 1.25. The highest BCUT2D eigenvalue weighted by Crippen LogP contribution is 2.21. The maximum Gasteiger partial charge on any atom is 0.0948 e. The molecule has 2 nitrogen and oxygen atoms in total. The van der Waals surface area contributed by atoms with Crippen molar-refractivity contribution >= 4 is 18.8 Å². The molecule has 0 unspecified atom stereocenters. The van der Waals surface area contributed by atoms with E-state index in [1.165, 1.54) is 48.7 Å². The summed E-state index contributed by atoms with van der Waals surface area (Å²) in [5.74, 6) is 0. The monoisotopic (exact) mass is 350 g/mol. The van der Waals surface area contributed by atoms with Crippen molar-refractivity contribution in [2.75, 3.05) is 39.4 Å². The molecule has 0 bridgehead atoms. The standard InChI is InChI=1S/C22H30N2Si/c1-19(20-8-6-5-7-9-20)21-10-12-22(13-11-21)25(3,4)18-24-16-14-23(2)15-17-24/h5-13H,1,14-18H2,2-4H3. The molecule has 0 aromatic heterocycles. The summed E-state index contributed by atoms with van der Waals surface area (Å²) in [6, 6.07) is 19.6. The Morgan fingerprint density at radius 1 is 0.880 bits per heavy atom. The molecule has 0 saturated carbocycles. The summed E-state index contributed by atoms with van der Waals surface area (Å²) >= 11 is 0. The second-order valence-electron chi connectivity index (χ2n) is 7.89. The first-order valence-corrected chi connectivity index (χ1v) is 12.4. The lowest BCUT2D eigenvalue weighted by Gasteiger charge is -2.37. The molecular weight excluding hydrogens is 320 g/mol. The van der Waals surface area contributed by atoms with Gasteiger partial charge in [-0.25, -0.2) is 0 Å². The van der Waals surface area contributed by atoms with Crippen LogP contribution in [0.2, 0.25) is 13.1 Å². The molecule has 3 rings (SSSR count). The summed E-state index contributed by atoms with van der Waals surface area (Å²) in [5, 5.41) is 1.54. The summed E-state index contributed by atoms with van der Waals surface area (Å²) in [7, 11) is 0.772. The van der Waals surface area contributed by atoms with E-state index < -0.39 is 8.07 Å².